The van der Waals surface area contributed by atoms with Gasteiger partial charge in [-0.1, -0.05) is 224 Å². The average molecular weight is 927 g/mol. The summed E-state index contributed by atoms with van der Waals surface area (Å²) in [5.41, 5.74) is 25.3. The van der Waals surface area contributed by atoms with E-state index in [4.69, 9.17) is 4.98 Å². The number of anilines is 3. The Balaban J connectivity index is 0.973. The topological polar surface area (TPSA) is 16.1 Å². The third-order valence-corrected chi connectivity index (χ3v) is 16.1. The van der Waals surface area contributed by atoms with Crippen molar-refractivity contribution in [1.82, 2.24) is 4.98 Å². The number of aromatic nitrogens is 1. The van der Waals surface area contributed by atoms with E-state index in [2.05, 4.69) is 284 Å². The first-order chi connectivity index (χ1) is 36.2. The lowest BCUT2D eigenvalue weighted by Crippen LogP contribution is -2.29. The van der Waals surface area contributed by atoms with E-state index < -0.39 is 10.8 Å². The summed E-state index contributed by atoms with van der Waals surface area (Å²) >= 11 is 0. The predicted octanol–water partition coefficient (Wildman–Crippen LogP) is 17.7. The minimum absolute atomic E-state index is 0.467. The Hall–Kier alpha value is -9.37. The average Bonchev–Trinajstić information content (AvgIpc) is 4.15. The molecule has 0 saturated carbocycles. The van der Waals surface area contributed by atoms with E-state index >= 15 is 0 Å². The van der Waals surface area contributed by atoms with Crippen molar-refractivity contribution in [3.63, 3.8) is 0 Å². The Labute approximate surface area is 425 Å². The maximum Gasteiger partial charge on any atom is 0.0788 e. The van der Waals surface area contributed by atoms with Gasteiger partial charge in [0.1, 0.15) is 0 Å². The first kappa shape index (κ1) is 41.4. The van der Waals surface area contributed by atoms with Crippen LogP contribution < -0.4 is 4.90 Å². The number of para-hydroxylation sites is 2. The van der Waals surface area contributed by atoms with Crippen molar-refractivity contribution >= 4 is 28.0 Å². The quantitative estimate of drug-likeness (QED) is 0.158. The molecule has 0 unspecified atom stereocenters. The second-order valence-corrected chi connectivity index (χ2v) is 19.7. The molecule has 73 heavy (non-hydrogen) atoms. The molecular formula is C71H46N2. The molecular weight excluding hydrogens is 881 g/mol. The second-order valence-electron chi connectivity index (χ2n) is 19.7. The molecule has 340 valence electrons. The fourth-order valence-electron chi connectivity index (χ4n) is 13.2. The van der Waals surface area contributed by atoms with Gasteiger partial charge in [0.15, 0.2) is 0 Å². The summed E-state index contributed by atoms with van der Waals surface area (Å²) in [4.78, 5) is 7.95. The number of pyridine rings is 1. The Morgan fingerprint density at radius 2 is 0.685 bits per heavy atom. The van der Waals surface area contributed by atoms with Crippen LogP contribution in [0.2, 0.25) is 0 Å². The number of hydrogen-bond acceptors (Lipinski definition) is 2. The largest absolute Gasteiger partial charge is 0.310 e. The second kappa shape index (κ2) is 16.1. The molecule has 2 nitrogen and oxygen atoms in total. The number of fused-ring (bicyclic) bond motifs is 14. The van der Waals surface area contributed by atoms with Crippen LogP contribution >= 0.6 is 0 Å². The molecule has 2 heteroatoms. The van der Waals surface area contributed by atoms with Crippen LogP contribution in [0, 0.1) is 0 Å². The molecule has 0 fully saturated rings. The van der Waals surface area contributed by atoms with Crippen molar-refractivity contribution in [3.05, 3.63) is 324 Å². The van der Waals surface area contributed by atoms with E-state index in [-0.39, 0.29) is 0 Å². The molecule has 3 aliphatic rings. The maximum absolute atomic E-state index is 5.48. The lowest BCUT2D eigenvalue weighted by Gasteiger charge is -2.35. The number of rotatable bonds is 7. The lowest BCUT2D eigenvalue weighted by atomic mass is 9.67. The van der Waals surface area contributed by atoms with Crippen molar-refractivity contribution in [1.29, 1.82) is 0 Å². The van der Waals surface area contributed by atoms with E-state index in [1.165, 1.54) is 77.9 Å². The maximum atomic E-state index is 5.48. The molecule has 0 saturated heterocycles. The summed E-state index contributed by atoms with van der Waals surface area (Å²) in [5, 5.41) is 1.12. The zero-order valence-corrected chi connectivity index (χ0v) is 40.0. The molecule has 0 bridgehead atoms. The van der Waals surface area contributed by atoms with E-state index in [1.54, 1.807) is 0 Å². The van der Waals surface area contributed by atoms with Gasteiger partial charge in [0.2, 0.25) is 0 Å². The summed E-state index contributed by atoms with van der Waals surface area (Å²) in [6.07, 6.45) is 0. The van der Waals surface area contributed by atoms with Gasteiger partial charge in [0, 0.05) is 33.6 Å². The number of benzene rings is 11. The summed E-state index contributed by atoms with van der Waals surface area (Å²) in [7, 11) is 0. The van der Waals surface area contributed by atoms with Crippen molar-refractivity contribution in [2.75, 3.05) is 4.90 Å². The van der Waals surface area contributed by atoms with Crippen LogP contribution in [0.5, 0.6) is 0 Å². The minimum atomic E-state index is -0.674. The van der Waals surface area contributed by atoms with Crippen LogP contribution in [0.4, 0.5) is 17.1 Å². The molecule has 0 atom stereocenters. The van der Waals surface area contributed by atoms with Gasteiger partial charge < -0.3 is 4.90 Å². The molecule has 11 aromatic carbocycles. The number of nitrogens with zero attached hydrogens (tertiary/aromatic N) is 2. The van der Waals surface area contributed by atoms with Gasteiger partial charge in [-0.2, -0.15) is 0 Å². The highest BCUT2D eigenvalue weighted by Gasteiger charge is 2.52. The molecule has 15 rings (SSSR count). The van der Waals surface area contributed by atoms with Crippen LogP contribution in [0.1, 0.15) is 44.5 Å². The van der Waals surface area contributed by atoms with Gasteiger partial charge in [0.25, 0.3) is 0 Å². The predicted molar refractivity (Wildman–Crippen MR) is 301 cm³/mol. The first-order valence-electron chi connectivity index (χ1n) is 25.4. The Kier molecular flexibility index (Phi) is 9.12. The Bertz CT molecular complexity index is 4040. The minimum Gasteiger partial charge on any atom is -0.310 e. The fourth-order valence-corrected chi connectivity index (χ4v) is 13.2. The zero-order chi connectivity index (χ0) is 48.1. The lowest BCUT2D eigenvalue weighted by molar-refractivity contribution is 0.768. The van der Waals surface area contributed by atoms with Gasteiger partial charge >= 0.3 is 0 Å². The molecule has 0 aliphatic heterocycles. The van der Waals surface area contributed by atoms with Crippen LogP contribution in [0.25, 0.3) is 66.7 Å². The Morgan fingerprint density at radius 3 is 1.25 bits per heavy atom. The molecule has 3 aliphatic carbocycles. The molecule has 1 heterocycles. The standard InChI is InChI=1S/C71H46N2/c1-5-21-47(22-6-1)61-43-48-23-13-20-36-68(48)72-69(61)49-37-40-58-60-42-39-53(45-66(60)70(65(58)44-49,50-24-7-2-8-25-50)51-26-9-3-10-27-51)73(52-28-11-4-12-29-52)54-38-41-59-57-32-16-19-35-64(57)71(67(59)46-54)62-33-17-14-30-55(62)56-31-15-18-34-63(56)71/h1-46H. The van der Waals surface area contributed by atoms with E-state index in [1.807, 2.05) is 0 Å². The normalized spacial score (nSPS) is 13.7. The SMILES string of the molecule is c1ccc(-c2cc3ccccc3nc2-c2ccc3c(c2)C(c2ccccc2)(c2ccccc2)c2cc(N(c4ccccc4)c4ccc5c(c4)C4(c6ccccc6-c6ccccc64)c4ccccc4-5)ccc2-3)cc1. The third kappa shape index (κ3) is 5.89. The zero-order valence-electron chi connectivity index (χ0n) is 40.0. The molecule has 12 aromatic rings. The molecule has 1 spiro atoms. The molecule has 0 amide bonds. The monoisotopic (exact) mass is 926 g/mol. The van der Waals surface area contributed by atoms with Gasteiger partial charge in [0.05, 0.1) is 22.0 Å². The molecule has 0 radical (unpaired) electrons. The highest BCUT2D eigenvalue weighted by atomic mass is 15.1. The van der Waals surface area contributed by atoms with E-state index in [9.17, 15) is 0 Å². The van der Waals surface area contributed by atoms with Crippen molar-refractivity contribution in [2.24, 2.45) is 0 Å². The van der Waals surface area contributed by atoms with Crippen LogP contribution in [0.3, 0.4) is 0 Å². The Morgan fingerprint density at radius 1 is 0.260 bits per heavy atom. The highest BCUT2D eigenvalue weighted by molar-refractivity contribution is 5.98. The van der Waals surface area contributed by atoms with Crippen LogP contribution in [0.15, 0.2) is 279 Å². The van der Waals surface area contributed by atoms with Gasteiger partial charge in [-0.05, 0) is 138 Å². The van der Waals surface area contributed by atoms with Crippen molar-refractivity contribution in [3.8, 4) is 55.8 Å². The highest BCUT2D eigenvalue weighted by Crippen LogP contribution is 2.64. The smallest absolute Gasteiger partial charge is 0.0788 e. The van der Waals surface area contributed by atoms with E-state index in [0.717, 1.165) is 50.3 Å². The van der Waals surface area contributed by atoms with Crippen LogP contribution in [-0.4, -0.2) is 4.98 Å². The van der Waals surface area contributed by atoms with Crippen LogP contribution in [-0.2, 0) is 10.8 Å². The number of hydrogen-bond donors (Lipinski definition) is 0. The van der Waals surface area contributed by atoms with Gasteiger partial charge in [-0.3, -0.25) is 0 Å². The van der Waals surface area contributed by atoms with Gasteiger partial charge in [-0.15, -0.1) is 0 Å². The van der Waals surface area contributed by atoms with Crippen molar-refractivity contribution in [2.45, 2.75) is 10.8 Å². The third-order valence-electron chi connectivity index (χ3n) is 16.1. The summed E-state index contributed by atoms with van der Waals surface area (Å²) in [6.45, 7) is 0. The fraction of sp³-hybridized carbons (Fsp3) is 0.0282. The van der Waals surface area contributed by atoms with E-state index in [0.29, 0.717) is 0 Å². The van der Waals surface area contributed by atoms with Gasteiger partial charge in [-0.25, -0.2) is 4.98 Å². The molecule has 1 aromatic heterocycles. The molecule has 0 N–H and O–H groups in total. The first-order valence-corrected chi connectivity index (χ1v) is 25.4. The summed E-state index contributed by atoms with van der Waals surface area (Å²) in [5.74, 6) is 0. The van der Waals surface area contributed by atoms with Crippen molar-refractivity contribution < 1.29 is 0 Å². The summed E-state index contributed by atoms with van der Waals surface area (Å²) < 4.78 is 0. The summed E-state index contributed by atoms with van der Waals surface area (Å²) in [6, 6.07) is 103.